The Labute approximate surface area is 359 Å². The lowest BCUT2D eigenvalue weighted by Gasteiger charge is -2.18. The molecule has 0 N–H and O–H groups in total. The van der Waals surface area contributed by atoms with Crippen LogP contribution >= 0.6 is 0 Å². The molecule has 0 fully saturated rings. The normalized spacial score (nSPS) is 12.3. The van der Waals surface area contributed by atoms with Gasteiger partial charge in [-0.15, -0.1) is 0 Å². The summed E-state index contributed by atoms with van der Waals surface area (Å²) in [7, 11) is 0. The summed E-state index contributed by atoms with van der Waals surface area (Å²) < 4.78 is 16.7. The van der Waals surface area contributed by atoms with Gasteiger partial charge in [-0.25, -0.2) is 0 Å². The lowest BCUT2D eigenvalue weighted by molar-refractivity contribution is -0.167. The number of unbranched alkanes of at least 4 members (excludes halogenated alkanes) is 28. The predicted octanol–water partition coefficient (Wildman–Crippen LogP) is 16.1. The SMILES string of the molecule is CC/C=C\C/C=C\C/C=C\CCCC(=O)OCC(COC(=O)CCCCCCCCCCCCCCCCCC)OC(=O)CCCCCCCCCCCCCCC. The fourth-order valence-corrected chi connectivity index (χ4v) is 7.17. The monoisotopic (exact) mass is 815 g/mol. The van der Waals surface area contributed by atoms with E-state index in [-0.39, 0.29) is 31.1 Å². The molecule has 0 saturated carbocycles. The molecule has 1 unspecified atom stereocenters. The largest absolute Gasteiger partial charge is 0.462 e. The van der Waals surface area contributed by atoms with Crippen molar-refractivity contribution in [2.24, 2.45) is 0 Å². The minimum atomic E-state index is -0.785. The summed E-state index contributed by atoms with van der Waals surface area (Å²) in [6.45, 7) is 6.49. The summed E-state index contributed by atoms with van der Waals surface area (Å²) in [5.41, 5.74) is 0. The molecule has 6 nitrogen and oxygen atoms in total. The molecule has 0 aromatic rings. The molecule has 0 aliphatic rings. The first-order valence-electron chi connectivity index (χ1n) is 25.0. The Morgan fingerprint density at radius 3 is 1.05 bits per heavy atom. The van der Waals surface area contributed by atoms with Gasteiger partial charge in [-0.2, -0.15) is 0 Å². The standard InChI is InChI=1S/C52H94O6/c1-4-7-10-13-16-19-22-24-25-26-28-30-33-36-39-42-45-51(54)57-48-49(47-56-50(53)44-41-38-35-32-29-21-18-15-12-9-6-3)58-52(55)46-43-40-37-34-31-27-23-20-17-14-11-8-5-2/h9,12,18,21,32,35,49H,4-8,10-11,13-17,19-20,22-31,33-34,36-48H2,1-3H3/b12-9-,21-18-,35-32-. The van der Waals surface area contributed by atoms with Crippen LogP contribution in [0.15, 0.2) is 36.5 Å². The van der Waals surface area contributed by atoms with Crippen LogP contribution in [0.25, 0.3) is 0 Å². The molecule has 58 heavy (non-hydrogen) atoms. The summed E-state index contributed by atoms with van der Waals surface area (Å²) in [4.78, 5) is 37.8. The van der Waals surface area contributed by atoms with Crippen molar-refractivity contribution in [3.8, 4) is 0 Å². The zero-order valence-corrected chi connectivity index (χ0v) is 38.6. The summed E-state index contributed by atoms with van der Waals surface area (Å²) in [6, 6.07) is 0. The van der Waals surface area contributed by atoms with Crippen LogP contribution in [0.4, 0.5) is 0 Å². The van der Waals surface area contributed by atoms with Crippen molar-refractivity contribution in [3.05, 3.63) is 36.5 Å². The number of allylic oxidation sites excluding steroid dienone is 6. The van der Waals surface area contributed by atoms with Gasteiger partial charge in [-0.05, 0) is 44.9 Å². The predicted molar refractivity (Wildman–Crippen MR) is 247 cm³/mol. The van der Waals surface area contributed by atoms with E-state index in [1.165, 1.54) is 148 Å². The van der Waals surface area contributed by atoms with E-state index in [4.69, 9.17) is 14.2 Å². The van der Waals surface area contributed by atoms with Gasteiger partial charge >= 0.3 is 17.9 Å². The van der Waals surface area contributed by atoms with Crippen LogP contribution in [-0.2, 0) is 28.6 Å². The van der Waals surface area contributed by atoms with Gasteiger partial charge in [-0.1, -0.05) is 231 Å². The maximum Gasteiger partial charge on any atom is 0.306 e. The fraction of sp³-hybridized carbons (Fsp3) is 0.827. The maximum absolute atomic E-state index is 12.7. The third-order valence-electron chi connectivity index (χ3n) is 10.9. The molecule has 0 saturated heterocycles. The summed E-state index contributed by atoms with van der Waals surface area (Å²) in [5.74, 6) is -0.931. The molecular weight excluding hydrogens is 721 g/mol. The van der Waals surface area contributed by atoms with Crippen molar-refractivity contribution < 1.29 is 28.6 Å². The molecule has 6 heteroatoms. The van der Waals surface area contributed by atoms with Crippen LogP contribution in [0.5, 0.6) is 0 Å². The first-order valence-corrected chi connectivity index (χ1v) is 25.0. The van der Waals surface area contributed by atoms with E-state index in [1.54, 1.807) is 0 Å². The molecule has 0 spiro atoms. The number of carbonyl (C=O) groups excluding carboxylic acids is 3. The highest BCUT2D eigenvalue weighted by Crippen LogP contribution is 2.16. The van der Waals surface area contributed by atoms with Crippen LogP contribution < -0.4 is 0 Å². The molecular formula is C52H94O6. The van der Waals surface area contributed by atoms with Crippen LogP contribution in [0.1, 0.15) is 258 Å². The highest BCUT2D eigenvalue weighted by Gasteiger charge is 2.19. The van der Waals surface area contributed by atoms with Gasteiger partial charge in [0.05, 0.1) is 0 Å². The Balaban J connectivity index is 4.36. The molecule has 0 rings (SSSR count). The van der Waals surface area contributed by atoms with Gasteiger partial charge in [0.25, 0.3) is 0 Å². The number of hydrogen-bond donors (Lipinski definition) is 0. The van der Waals surface area contributed by atoms with Gasteiger partial charge in [0.1, 0.15) is 13.2 Å². The Hall–Kier alpha value is -2.37. The fourth-order valence-electron chi connectivity index (χ4n) is 7.17. The van der Waals surface area contributed by atoms with Crippen LogP contribution in [-0.4, -0.2) is 37.2 Å². The molecule has 0 heterocycles. The Morgan fingerprint density at radius 1 is 0.362 bits per heavy atom. The van der Waals surface area contributed by atoms with E-state index in [9.17, 15) is 14.4 Å². The molecule has 0 aliphatic heterocycles. The minimum absolute atomic E-state index is 0.0835. The van der Waals surface area contributed by atoms with Crippen molar-refractivity contribution in [2.45, 2.75) is 264 Å². The molecule has 338 valence electrons. The van der Waals surface area contributed by atoms with Gasteiger partial charge < -0.3 is 14.2 Å². The van der Waals surface area contributed by atoms with Crippen molar-refractivity contribution in [3.63, 3.8) is 0 Å². The van der Waals surface area contributed by atoms with Gasteiger partial charge in [-0.3, -0.25) is 14.4 Å². The van der Waals surface area contributed by atoms with E-state index >= 15 is 0 Å². The summed E-state index contributed by atoms with van der Waals surface area (Å²) >= 11 is 0. The van der Waals surface area contributed by atoms with Crippen molar-refractivity contribution >= 4 is 17.9 Å². The Morgan fingerprint density at radius 2 is 0.672 bits per heavy atom. The highest BCUT2D eigenvalue weighted by atomic mass is 16.6. The first-order chi connectivity index (χ1) is 28.5. The Kier molecular flexibility index (Phi) is 45.4. The average molecular weight is 815 g/mol. The second-order valence-electron chi connectivity index (χ2n) is 16.7. The van der Waals surface area contributed by atoms with Crippen molar-refractivity contribution in [1.82, 2.24) is 0 Å². The summed E-state index contributed by atoms with van der Waals surface area (Å²) in [6.07, 6.45) is 54.2. The second kappa shape index (κ2) is 47.3. The zero-order chi connectivity index (χ0) is 42.3. The lowest BCUT2D eigenvalue weighted by atomic mass is 10.0. The van der Waals surface area contributed by atoms with E-state index in [1.807, 2.05) is 0 Å². The zero-order valence-electron chi connectivity index (χ0n) is 38.6. The van der Waals surface area contributed by atoms with E-state index in [0.717, 1.165) is 64.2 Å². The third kappa shape index (κ3) is 44.7. The molecule has 0 amide bonds. The Bertz CT molecular complexity index is 984. The third-order valence-corrected chi connectivity index (χ3v) is 10.9. The van der Waals surface area contributed by atoms with Gasteiger partial charge in [0.15, 0.2) is 6.10 Å². The van der Waals surface area contributed by atoms with Crippen LogP contribution in [0.2, 0.25) is 0 Å². The number of carbonyl (C=O) groups is 3. The molecule has 1 atom stereocenters. The number of ether oxygens (including phenoxy) is 3. The van der Waals surface area contributed by atoms with E-state index < -0.39 is 6.10 Å². The number of rotatable bonds is 45. The molecule has 0 radical (unpaired) electrons. The van der Waals surface area contributed by atoms with Crippen LogP contribution in [0.3, 0.4) is 0 Å². The molecule has 0 aliphatic carbocycles. The van der Waals surface area contributed by atoms with Crippen LogP contribution in [0, 0.1) is 0 Å². The smallest absolute Gasteiger partial charge is 0.306 e. The first kappa shape index (κ1) is 55.6. The molecule has 0 bridgehead atoms. The highest BCUT2D eigenvalue weighted by molar-refractivity contribution is 5.71. The lowest BCUT2D eigenvalue weighted by Crippen LogP contribution is -2.30. The van der Waals surface area contributed by atoms with E-state index in [0.29, 0.717) is 25.7 Å². The average Bonchev–Trinajstić information content (AvgIpc) is 3.22. The molecule has 0 aromatic heterocycles. The maximum atomic E-state index is 12.7. The minimum Gasteiger partial charge on any atom is -0.462 e. The molecule has 0 aromatic carbocycles. The van der Waals surface area contributed by atoms with Gasteiger partial charge in [0, 0.05) is 19.3 Å². The number of hydrogen-bond acceptors (Lipinski definition) is 6. The van der Waals surface area contributed by atoms with Gasteiger partial charge in [0.2, 0.25) is 0 Å². The summed E-state index contributed by atoms with van der Waals surface area (Å²) in [5, 5.41) is 0. The topological polar surface area (TPSA) is 78.9 Å². The van der Waals surface area contributed by atoms with Crippen molar-refractivity contribution in [1.29, 1.82) is 0 Å². The second-order valence-corrected chi connectivity index (χ2v) is 16.7. The van der Waals surface area contributed by atoms with Crippen molar-refractivity contribution in [2.75, 3.05) is 13.2 Å². The quantitative estimate of drug-likeness (QED) is 0.0264. The number of esters is 3. The van der Waals surface area contributed by atoms with E-state index in [2.05, 4.69) is 57.2 Å².